The highest BCUT2D eigenvalue weighted by Crippen LogP contribution is 2.56. The first kappa shape index (κ1) is 38.0. The smallest absolute Gasteiger partial charge is 0.340 e. The van der Waals surface area contributed by atoms with Crippen LogP contribution in [0, 0.1) is 0 Å². The molecule has 0 fully saturated rings. The van der Waals surface area contributed by atoms with Crippen molar-refractivity contribution in [3.63, 3.8) is 0 Å². The van der Waals surface area contributed by atoms with Gasteiger partial charge in [0.2, 0.25) is 0 Å². The Morgan fingerprint density at radius 3 is 1.62 bits per heavy atom. The molecule has 2 aliphatic heterocycles. The van der Waals surface area contributed by atoms with Crippen LogP contribution < -0.4 is 4.74 Å². The average Bonchev–Trinajstić information content (AvgIpc) is 3.36. The van der Waals surface area contributed by atoms with E-state index in [0.717, 1.165) is 10.8 Å². The van der Waals surface area contributed by atoms with E-state index in [1.54, 1.807) is 30.3 Å². The van der Waals surface area contributed by atoms with E-state index in [-0.39, 0.29) is 23.0 Å². The molecule has 0 bridgehead atoms. The quantitative estimate of drug-likeness (QED) is 0.124. The Bertz CT molecular complexity index is 1690. The fourth-order valence-corrected chi connectivity index (χ4v) is 4.93. The summed E-state index contributed by atoms with van der Waals surface area (Å²) < 4.78 is 11.8. The van der Waals surface area contributed by atoms with Crippen molar-refractivity contribution in [3.05, 3.63) is 119 Å². The summed E-state index contributed by atoms with van der Waals surface area (Å²) in [5.74, 6) is 0.614. The molecule has 250 valence electrons. The SMILES string of the molecule is CC.CC.CCC.CCC.O=C1OC2(c3ccc(O)cc3Oc3cc(O)ccc32)c2ccccc21.Oc1cc(O)c2ccccc2c1. The molecule has 0 unspecified atom stereocenters. The number of benzene rings is 5. The van der Waals surface area contributed by atoms with Crippen LogP contribution in [0.15, 0.2) is 97.1 Å². The van der Waals surface area contributed by atoms with Crippen LogP contribution in [0.1, 0.15) is 95.3 Å². The molecule has 0 amide bonds. The van der Waals surface area contributed by atoms with E-state index in [4.69, 9.17) is 14.6 Å². The van der Waals surface area contributed by atoms with Gasteiger partial charge in [0.05, 0.1) is 5.56 Å². The second-order valence-corrected chi connectivity index (χ2v) is 10.2. The number of ether oxygens (including phenoxy) is 2. The minimum Gasteiger partial charge on any atom is -0.508 e. The Morgan fingerprint density at radius 1 is 0.574 bits per heavy atom. The number of aromatic hydroxyl groups is 4. The Kier molecular flexibility index (Phi) is 14.6. The van der Waals surface area contributed by atoms with E-state index in [0.29, 0.717) is 33.8 Å². The van der Waals surface area contributed by atoms with Crippen LogP contribution in [0.2, 0.25) is 0 Å². The van der Waals surface area contributed by atoms with Gasteiger partial charge < -0.3 is 29.9 Å². The van der Waals surface area contributed by atoms with Crippen LogP contribution in [-0.2, 0) is 10.3 Å². The summed E-state index contributed by atoms with van der Waals surface area (Å²) in [6.45, 7) is 16.5. The number of esters is 1. The zero-order valence-electron chi connectivity index (χ0n) is 28.7. The number of phenols is 4. The van der Waals surface area contributed by atoms with Crippen LogP contribution >= 0.6 is 0 Å². The van der Waals surface area contributed by atoms with Crippen LogP contribution in [0.5, 0.6) is 34.5 Å². The second kappa shape index (κ2) is 18.1. The van der Waals surface area contributed by atoms with Gasteiger partial charge in [-0.05, 0) is 41.8 Å². The summed E-state index contributed by atoms with van der Waals surface area (Å²) in [7, 11) is 0. The predicted molar refractivity (Wildman–Crippen MR) is 190 cm³/mol. The Balaban J connectivity index is 0.000000292. The van der Waals surface area contributed by atoms with Crippen molar-refractivity contribution in [1.82, 2.24) is 0 Å². The van der Waals surface area contributed by atoms with E-state index in [1.165, 1.54) is 43.2 Å². The van der Waals surface area contributed by atoms with Crippen molar-refractivity contribution in [2.24, 2.45) is 0 Å². The van der Waals surface area contributed by atoms with Gasteiger partial charge in [-0.1, -0.05) is 111 Å². The van der Waals surface area contributed by atoms with Crippen molar-refractivity contribution in [2.75, 3.05) is 0 Å². The molecular weight excluding hydrogens is 592 g/mol. The molecule has 5 aromatic rings. The normalized spacial score (nSPS) is 12.0. The predicted octanol–water partition coefficient (Wildman–Crippen LogP) is 10.8. The third-order valence-corrected chi connectivity index (χ3v) is 6.51. The van der Waals surface area contributed by atoms with Gasteiger partial charge in [0.1, 0.15) is 34.5 Å². The van der Waals surface area contributed by atoms with Crippen LogP contribution in [-0.4, -0.2) is 26.4 Å². The van der Waals surface area contributed by atoms with Gasteiger partial charge in [-0.15, -0.1) is 0 Å². The number of hydrogen-bond donors (Lipinski definition) is 4. The van der Waals surface area contributed by atoms with Gasteiger partial charge in [-0.25, -0.2) is 4.79 Å². The molecule has 0 aliphatic carbocycles. The maximum atomic E-state index is 12.5. The fraction of sp³-hybridized carbons (Fsp3) is 0.275. The zero-order chi connectivity index (χ0) is 35.1. The highest BCUT2D eigenvalue weighted by molar-refractivity contribution is 5.97. The summed E-state index contributed by atoms with van der Waals surface area (Å²) in [4.78, 5) is 12.5. The molecule has 2 heterocycles. The molecule has 2 aliphatic rings. The number of carbonyl (C=O) groups is 1. The molecule has 0 radical (unpaired) electrons. The van der Waals surface area contributed by atoms with Gasteiger partial charge >= 0.3 is 5.97 Å². The number of phenolic OH excluding ortho intramolecular Hbond substituents is 4. The number of rotatable bonds is 0. The van der Waals surface area contributed by atoms with Crippen LogP contribution in [0.25, 0.3) is 10.8 Å². The molecule has 0 saturated carbocycles. The first-order valence-electron chi connectivity index (χ1n) is 16.3. The molecule has 7 rings (SSSR count). The highest BCUT2D eigenvalue weighted by Gasteiger charge is 2.53. The van der Waals surface area contributed by atoms with Crippen LogP contribution in [0.4, 0.5) is 0 Å². The van der Waals surface area contributed by atoms with Crippen molar-refractivity contribution < 1.29 is 34.7 Å². The van der Waals surface area contributed by atoms with Gasteiger partial charge in [0.25, 0.3) is 0 Å². The zero-order valence-corrected chi connectivity index (χ0v) is 28.7. The molecule has 0 atom stereocenters. The fourth-order valence-electron chi connectivity index (χ4n) is 4.93. The summed E-state index contributed by atoms with van der Waals surface area (Å²) in [6, 6.07) is 26.9. The number of carbonyl (C=O) groups excluding carboxylic acids is 1. The third kappa shape index (κ3) is 8.36. The van der Waals surface area contributed by atoms with Gasteiger partial charge in [0.15, 0.2) is 5.60 Å². The minimum atomic E-state index is -1.17. The second-order valence-electron chi connectivity index (χ2n) is 10.2. The van der Waals surface area contributed by atoms with E-state index in [1.807, 2.05) is 64.1 Å². The standard InChI is InChI=1S/C20H12O5.C10H8O2.2C3H8.2C2H6/c21-11-5-7-15-17(9-11)24-18-10-12(22)6-8-16(18)20(15)14-4-2-1-3-13(14)19(23)25-20;11-8-5-7-3-1-2-4-9(7)10(12)6-8;2*1-3-2;2*1-2/h1-10,21-22H;1-6,11-12H;2*3H2,1-2H3;2*1-2H3. The lowest BCUT2D eigenvalue weighted by Crippen LogP contribution is -2.32. The maximum Gasteiger partial charge on any atom is 0.340 e. The Morgan fingerprint density at radius 2 is 1.06 bits per heavy atom. The molecule has 47 heavy (non-hydrogen) atoms. The largest absolute Gasteiger partial charge is 0.508 e. The monoisotopic (exact) mass is 640 g/mol. The van der Waals surface area contributed by atoms with E-state index in [9.17, 15) is 20.1 Å². The Hall–Kier alpha value is -5.17. The molecule has 1 spiro atoms. The minimum absolute atomic E-state index is 0.0371. The first-order chi connectivity index (χ1) is 22.7. The summed E-state index contributed by atoms with van der Waals surface area (Å²) in [5.41, 5.74) is 1.28. The lowest BCUT2D eigenvalue weighted by Gasteiger charge is -2.36. The van der Waals surface area contributed by atoms with Crippen molar-refractivity contribution in [1.29, 1.82) is 0 Å². The van der Waals surface area contributed by atoms with Gasteiger partial charge in [-0.2, -0.15) is 0 Å². The molecular formula is C40H48O7. The lowest BCUT2D eigenvalue weighted by molar-refractivity contribution is 0.0224. The molecule has 0 saturated heterocycles. The molecule has 7 heteroatoms. The topological polar surface area (TPSA) is 116 Å². The van der Waals surface area contributed by atoms with E-state index in [2.05, 4.69) is 27.7 Å². The molecule has 7 nitrogen and oxygen atoms in total. The highest BCUT2D eigenvalue weighted by atomic mass is 16.6. The Labute approximate surface area is 278 Å². The lowest BCUT2D eigenvalue weighted by atomic mass is 9.77. The molecule has 5 aromatic carbocycles. The number of hydrogen-bond acceptors (Lipinski definition) is 7. The van der Waals surface area contributed by atoms with E-state index >= 15 is 0 Å². The number of fused-ring (bicyclic) bond motifs is 7. The van der Waals surface area contributed by atoms with Crippen molar-refractivity contribution in [3.8, 4) is 34.5 Å². The van der Waals surface area contributed by atoms with Gasteiger partial charge in [-0.3, -0.25) is 0 Å². The van der Waals surface area contributed by atoms with E-state index < -0.39 is 11.6 Å². The summed E-state index contributed by atoms with van der Waals surface area (Å²) in [6.07, 6.45) is 2.50. The summed E-state index contributed by atoms with van der Waals surface area (Å²) in [5, 5.41) is 39.8. The van der Waals surface area contributed by atoms with Crippen molar-refractivity contribution >= 4 is 16.7 Å². The molecule has 4 N–H and O–H groups in total. The van der Waals surface area contributed by atoms with Crippen molar-refractivity contribution in [2.45, 2.75) is 73.8 Å². The first-order valence-corrected chi connectivity index (χ1v) is 16.3. The van der Waals surface area contributed by atoms with Crippen LogP contribution in [0.3, 0.4) is 0 Å². The van der Waals surface area contributed by atoms with Gasteiger partial charge in [0, 0.05) is 40.3 Å². The maximum absolute atomic E-state index is 12.5. The molecule has 0 aromatic heterocycles. The third-order valence-electron chi connectivity index (χ3n) is 6.51. The summed E-state index contributed by atoms with van der Waals surface area (Å²) >= 11 is 0. The average molecular weight is 641 g/mol.